The van der Waals surface area contributed by atoms with Crippen molar-refractivity contribution in [1.29, 1.82) is 0 Å². The molecule has 0 unspecified atom stereocenters. The number of benzene rings is 2. The Labute approximate surface area is 120 Å². The van der Waals surface area contributed by atoms with E-state index < -0.39 is 0 Å². The smallest absolute Gasteiger partial charge is 0.173 e. The minimum absolute atomic E-state index is 0.0663. The van der Waals surface area contributed by atoms with E-state index >= 15 is 0 Å². The second kappa shape index (κ2) is 6.28. The van der Waals surface area contributed by atoms with Crippen molar-refractivity contribution in [3.63, 3.8) is 0 Å². The van der Waals surface area contributed by atoms with Crippen molar-refractivity contribution in [2.45, 2.75) is 4.90 Å². The van der Waals surface area contributed by atoms with Gasteiger partial charge >= 0.3 is 0 Å². The molecule has 0 amide bonds. The number of rotatable bonds is 4. The van der Waals surface area contributed by atoms with E-state index in [0.717, 1.165) is 4.90 Å². The van der Waals surface area contributed by atoms with Crippen molar-refractivity contribution >= 4 is 40.7 Å². The van der Waals surface area contributed by atoms with Crippen LogP contribution >= 0.6 is 35.0 Å². The van der Waals surface area contributed by atoms with Gasteiger partial charge in [-0.2, -0.15) is 0 Å². The number of carbonyl (C=O) groups excluding carboxylic acids is 1. The molecule has 0 saturated heterocycles. The molecule has 0 N–H and O–H groups in total. The lowest BCUT2D eigenvalue weighted by molar-refractivity contribution is 0.102. The molecule has 4 heteroatoms. The zero-order valence-corrected chi connectivity index (χ0v) is 11.7. The first kappa shape index (κ1) is 13.5. The van der Waals surface area contributed by atoms with E-state index in [1.54, 1.807) is 30.3 Å². The minimum atomic E-state index is 0.0663. The van der Waals surface area contributed by atoms with Crippen LogP contribution in [0.25, 0.3) is 0 Å². The van der Waals surface area contributed by atoms with Crippen molar-refractivity contribution in [2.75, 3.05) is 5.75 Å². The topological polar surface area (TPSA) is 17.1 Å². The summed E-state index contributed by atoms with van der Waals surface area (Å²) in [7, 11) is 0. The van der Waals surface area contributed by atoms with E-state index in [1.807, 2.05) is 18.2 Å². The molecule has 18 heavy (non-hydrogen) atoms. The molecule has 1 nitrogen and oxygen atoms in total. The van der Waals surface area contributed by atoms with Gasteiger partial charge in [-0.05, 0) is 12.1 Å². The monoisotopic (exact) mass is 296 g/mol. The Balaban J connectivity index is 2.07. The molecule has 0 spiro atoms. The lowest BCUT2D eigenvalue weighted by Gasteiger charge is -2.05. The fourth-order valence-electron chi connectivity index (χ4n) is 1.47. The van der Waals surface area contributed by atoms with E-state index in [4.69, 9.17) is 23.2 Å². The fourth-order valence-corrected chi connectivity index (χ4v) is 3.04. The Morgan fingerprint density at radius 3 is 2.17 bits per heavy atom. The van der Waals surface area contributed by atoms with Crippen LogP contribution in [0.2, 0.25) is 10.0 Å². The van der Waals surface area contributed by atoms with Gasteiger partial charge in [0.25, 0.3) is 0 Å². The lowest BCUT2D eigenvalue weighted by Crippen LogP contribution is -2.01. The van der Waals surface area contributed by atoms with Crippen LogP contribution in [0.15, 0.2) is 53.4 Å². The number of hydrogen-bond acceptors (Lipinski definition) is 2. The van der Waals surface area contributed by atoms with Gasteiger partial charge in [-0.1, -0.05) is 59.6 Å². The molecule has 0 aliphatic heterocycles. The third kappa shape index (κ3) is 3.29. The third-order valence-electron chi connectivity index (χ3n) is 2.36. The highest BCUT2D eigenvalue weighted by atomic mass is 35.5. The maximum Gasteiger partial charge on any atom is 0.173 e. The number of Topliss-reactive ketones (excluding diaryl/α,β-unsaturated/α-hetero) is 1. The summed E-state index contributed by atoms with van der Waals surface area (Å²) in [6, 6.07) is 14.5. The molecule has 0 aliphatic carbocycles. The van der Waals surface area contributed by atoms with E-state index in [-0.39, 0.29) is 5.78 Å². The normalized spacial score (nSPS) is 10.3. The average molecular weight is 297 g/mol. The molecule has 0 aliphatic rings. The van der Waals surface area contributed by atoms with E-state index in [1.165, 1.54) is 11.8 Å². The Bertz CT molecular complexity index is 535. The predicted octanol–water partition coefficient (Wildman–Crippen LogP) is 4.97. The Hall–Kier alpha value is -0.960. The van der Waals surface area contributed by atoms with Gasteiger partial charge in [-0.3, -0.25) is 4.79 Å². The van der Waals surface area contributed by atoms with E-state index in [9.17, 15) is 4.79 Å². The van der Waals surface area contributed by atoms with Crippen molar-refractivity contribution in [2.24, 2.45) is 0 Å². The van der Waals surface area contributed by atoms with Crippen LogP contribution in [-0.2, 0) is 0 Å². The first-order chi connectivity index (χ1) is 8.68. The van der Waals surface area contributed by atoms with Gasteiger partial charge in [0.05, 0.1) is 15.8 Å². The maximum atomic E-state index is 11.9. The maximum absolute atomic E-state index is 11.9. The third-order valence-corrected chi connectivity index (χ3v) is 4.35. The van der Waals surface area contributed by atoms with Gasteiger partial charge in [0.1, 0.15) is 0 Å². The highest BCUT2D eigenvalue weighted by Crippen LogP contribution is 2.34. The van der Waals surface area contributed by atoms with Crippen LogP contribution in [0.1, 0.15) is 10.4 Å². The van der Waals surface area contributed by atoms with Gasteiger partial charge in [0, 0.05) is 10.5 Å². The molecule has 92 valence electrons. The number of ketones is 1. The molecular weight excluding hydrogens is 287 g/mol. The van der Waals surface area contributed by atoms with Crippen LogP contribution in [-0.4, -0.2) is 11.5 Å². The van der Waals surface area contributed by atoms with Crippen molar-refractivity contribution in [3.05, 3.63) is 64.1 Å². The van der Waals surface area contributed by atoms with Crippen molar-refractivity contribution < 1.29 is 4.79 Å². The summed E-state index contributed by atoms with van der Waals surface area (Å²) < 4.78 is 0. The van der Waals surface area contributed by atoms with Crippen LogP contribution in [0, 0.1) is 0 Å². The quantitative estimate of drug-likeness (QED) is 0.585. The summed E-state index contributed by atoms with van der Waals surface area (Å²) >= 11 is 13.4. The Morgan fingerprint density at radius 2 is 1.56 bits per heavy atom. The molecule has 2 rings (SSSR count). The second-order valence-corrected chi connectivity index (χ2v) is 5.43. The van der Waals surface area contributed by atoms with Crippen molar-refractivity contribution in [1.82, 2.24) is 0 Å². The summed E-state index contributed by atoms with van der Waals surface area (Å²) in [4.78, 5) is 12.7. The largest absolute Gasteiger partial charge is 0.293 e. The Kier molecular flexibility index (Phi) is 4.70. The summed E-state index contributed by atoms with van der Waals surface area (Å²) in [6.45, 7) is 0. The lowest BCUT2D eigenvalue weighted by atomic mass is 10.2. The molecule has 0 radical (unpaired) electrons. The highest BCUT2D eigenvalue weighted by molar-refractivity contribution is 8.00. The average Bonchev–Trinajstić information content (AvgIpc) is 2.39. The fraction of sp³-hybridized carbons (Fsp3) is 0.0714. The number of halogens is 2. The van der Waals surface area contributed by atoms with Crippen LogP contribution in [0.3, 0.4) is 0 Å². The Morgan fingerprint density at radius 1 is 0.944 bits per heavy atom. The van der Waals surface area contributed by atoms with E-state index in [0.29, 0.717) is 21.4 Å². The highest BCUT2D eigenvalue weighted by Gasteiger charge is 2.10. The molecule has 2 aromatic carbocycles. The van der Waals surface area contributed by atoms with Gasteiger partial charge < -0.3 is 0 Å². The summed E-state index contributed by atoms with van der Waals surface area (Å²) in [5.74, 6) is 0.393. The van der Waals surface area contributed by atoms with Crippen LogP contribution in [0.5, 0.6) is 0 Å². The standard InChI is InChI=1S/C14H10Cl2OS/c15-11-7-4-8-12(16)14(11)18-9-13(17)10-5-2-1-3-6-10/h1-8H,9H2. The summed E-state index contributed by atoms with van der Waals surface area (Å²) in [5.41, 5.74) is 0.702. The zero-order valence-electron chi connectivity index (χ0n) is 9.40. The molecule has 0 fully saturated rings. The van der Waals surface area contributed by atoms with E-state index in [2.05, 4.69) is 0 Å². The van der Waals surface area contributed by atoms with Gasteiger partial charge in [-0.15, -0.1) is 11.8 Å². The van der Waals surface area contributed by atoms with Gasteiger partial charge in [0.15, 0.2) is 5.78 Å². The van der Waals surface area contributed by atoms with Crippen LogP contribution in [0.4, 0.5) is 0 Å². The zero-order chi connectivity index (χ0) is 13.0. The minimum Gasteiger partial charge on any atom is -0.293 e. The summed E-state index contributed by atoms with van der Waals surface area (Å²) in [6.07, 6.45) is 0. The molecule has 0 atom stereocenters. The van der Waals surface area contributed by atoms with Gasteiger partial charge in [-0.25, -0.2) is 0 Å². The number of hydrogen-bond donors (Lipinski definition) is 0. The summed E-state index contributed by atoms with van der Waals surface area (Å²) in [5, 5.41) is 1.15. The number of thioether (sulfide) groups is 1. The number of carbonyl (C=O) groups is 1. The molecule has 2 aromatic rings. The second-order valence-electron chi connectivity index (χ2n) is 3.63. The molecule has 0 heterocycles. The molecule has 0 aromatic heterocycles. The predicted molar refractivity (Wildman–Crippen MR) is 78.0 cm³/mol. The van der Waals surface area contributed by atoms with Crippen LogP contribution < -0.4 is 0 Å². The molecular formula is C14H10Cl2OS. The molecule has 0 bridgehead atoms. The molecule has 0 saturated carbocycles. The van der Waals surface area contributed by atoms with Crippen molar-refractivity contribution in [3.8, 4) is 0 Å². The first-order valence-corrected chi connectivity index (χ1v) is 7.07. The first-order valence-electron chi connectivity index (χ1n) is 5.33. The van der Waals surface area contributed by atoms with Gasteiger partial charge in [0.2, 0.25) is 0 Å². The SMILES string of the molecule is O=C(CSc1c(Cl)cccc1Cl)c1ccccc1.